The van der Waals surface area contributed by atoms with Gasteiger partial charge in [-0.3, -0.25) is 0 Å². The maximum absolute atomic E-state index is 6.21. The van der Waals surface area contributed by atoms with Gasteiger partial charge in [-0.25, -0.2) is 0 Å². The molecule has 0 spiro atoms. The van der Waals surface area contributed by atoms with Crippen LogP contribution in [0.15, 0.2) is 59.2 Å². The van der Waals surface area contributed by atoms with Crippen molar-refractivity contribution >= 4 is 13.5 Å². The molecule has 2 heterocycles. The first-order valence-corrected chi connectivity index (χ1v) is 9.06. The van der Waals surface area contributed by atoms with E-state index in [1.165, 1.54) is 10.8 Å². The smallest absolute Gasteiger partial charge is 0.220 e. The summed E-state index contributed by atoms with van der Waals surface area (Å²) >= 11 is 0. The fourth-order valence-electron chi connectivity index (χ4n) is 2.42. The molecule has 0 saturated carbocycles. The number of hydrogen-bond donors (Lipinski definition) is 0. The van der Waals surface area contributed by atoms with Gasteiger partial charge >= 0.3 is 0 Å². The Hall–Kier alpha value is -1.58. The van der Waals surface area contributed by atoms with E-state index in [4.69, 9.17) is 8.84 Å². The second kappa shape index (κ2) is 4.26. The molecule has 3 rings (SSSR count). The average molecular weight is 256 g/mol. The summed E-state index contributed by atoms with van der Waals surface area (Å²) in [5.41, 5.74) is 1.27. The van der Waals surface area contributed by atoms with E-state index in [-0.39, 0.29) is 6.10 Å². The summed E-state index contributed by atoms with van der Waals surface area (Å²) in [6.45, 7) is 4.46. The molecule has 18 heavy (non-hydrogen) atoms. The van der Waals surface area contributed by atoms with Gasteiger partial charge in [0, 0.05) is 0 Å². The molecule has 0 radical (unpaired) electrons. The molecule has 1 aliphatic heterocycles. The van der Waals surface area contributed by atoms with E-state index >= 15 is 0 Å². The van der Waals surface area contributed by atoms with Crippen molar-refractivity contribution in [3.63, 3.8) is 0 Å². The summed E-state index contributed by atoms with van der Waals surface area (Å²) in [7, 11) is -1.83. The quantitative estimate of drug-likeness (QED) is 0.752. The lowest BCUT2D eigenvalue weighted by Crippen LogP contribution is -2.28. The van der Waals surface area contributed by atoms with Crippen LogP contribution in [0.5, 0.6) is 0 Å². The summed E-state index contributed by atoms with van der Waals surface area (Å²) in [6, 6.07) is 14.4. The second-order valence-corrected chi connectivity index (χ2v) is 8.81. The molecule has 0 bridgehead atoms. The van der Waals surface area contributed by atoms with Crippen molar-refractivity contribution in [2.24, 2.45) is 0 Å². The molecule has 2 aromatic rings. The Kier molecular flexibility index (Phi) is 2.72. The van der Waals surface area contributed by atoms with Gasteiger partial charge in [0.2, 0.25) is 8.32 Å². The Labute approximate surface area is 108 Å². The van der Waals surface area contributed by atoms with Crippen molar-refractivity contribution < 1.29 is 8.84 Å². The van der Waals surface area contributed by atoms with Crippen LogP contribution >= 0.6 is 0 Å². The largest absolute Gasteiger partial charge is 0.466 e. The second-order valence-electron chi connectivity index (χ2n) is 5.01. The standard InChI is InChI=1S/C15H16O2Si/c1-18(2)15(12-7-4-3-5-8-12)11-14(17-18)13-9-6-10-16-13/h3-11,14H,1-2H3. The first-order valence-electron chi connectivity index (χ1n) is 6.16. The highest BCUT2D eigenvalue weighted by atomic mass is 28.4. The van der Waals surface area contributed by atoms with Crippen molar-refractivity contribution in [3.8, 4) is 0 Å². The molecule has 0 saturated heterocycles. The van der Waals surface area contributed by atoms with Gasteiger partial charge in [0.1, 0.15) is 11.9 Å². The van der Waals surface area contributed by atoms with Gasteiger partial charge in [0.15, 0.2) is 0 Å². The molecule has 1 atom stereocenters. The molecule has 1 aliphatic rings. The number of hydrogen-bond acceptors (Lipinski definition) is 2. The first kappa shape index (κ1) is 11.5. The predicted molar refractivity (Wildman–Crippen MR) is 74.4 cm³/mol. The molecule has 92 valence electrons. The van der Waals surface area contributed by atoms with Crippen molar-refractivity contribution in [3.05, 3.63) is 66.1 Å². The minimum atomic E-state index is -1.83. The van der Waals surface area contributed by atoms with Gasteiger partial charge in [-0.1, -0.05) is 30.3 Å². The van der Waals surface area contributed by atoms with Crippen molar-refractivity contribution in [1.29, 1.82) is 0 Å². The zero-order chi connectivity index (χ0) is 12.6. The Balaban J connectivity index is 2.00. The van der Waals surface area contributed by atoms with Crippen LogP contribution in [0.3, 0.4) is 0 Å². The van der Waals surface area contributed by atoms with Crippen LogP contribution in [0, 0.1) is 0 Å². The predicted octanol–water partition coefficient (Wildman–Crippen LogP) is 4.18. The Bertz CT molecular complexity index is 555. The van der Waals surface area contributed by atoms with E-state index in [9.17, 15) is 0 Å². The van der Waals surface area contributed by atoms with Crippen LogP contribution in [-0.2, 0) is 4.43 Å². The third kappa shape index (κ3) is 1.96. The topological polar surface area (TPSA) is 22.4 Å². The molecule has 0 aliphatic carbocycles. The Morgan fingerprint density at radius 3 is 2.44 bits per heavy atom. The van der Waals surface area contributed by atoms with E-state index < -0.39 is 8.32 Å². The molecule has 1 aromatic heterocycles. The molecule has 3 heteroatoms. The third-order valence-corrected chi connectivity index (χ3v) is 5.89. The lowest BCUT2D eigenvalue weighted by Gasteiger charge is -2.21. The Morgan fingerprint density at radius 1 is 1.00 bits per heavy atom. The average Bonchev–Trinajstić information content (AvgIpc) is 2.97. The van der Waals surface area contributed by atoms with Gasteiger partial charge in [0.25, 0.3) is 0 Å². The monoisotopic (exact) mass is 256 g/mol. The number of furan rings is 1. The summed E-state index contributed by atoms with van der Waals surface area (Å²) in [4.78, 5) is 0. The van der Waals surface area contributed by atoms with E-state index in [1.54, 1.807) is 6.26 Å². The fraction of sp³-hybridized carbons (Fsp3) is 0.200. The molecule has 0 N–H and O–H groups in total. The maximum atomic E-state index is 6.21. The highest BCUT2D eigenvalue weighted by molar-refractivity contribution is 6.90. The summed E-state index contributed by atoms with van der Waals surface area (Å²) in [5, 5.41) is 1.35. The van der Waals surface area contributed by atoms with E-state index in [1.807, 2.05) is 18.2 Å². The molecule has 0 fully saturated rings. The zero-order valence-corrected chi connectivity index (χ0v) is 11.6. The van der Waals surface area contributed by atoms with Crippen LogP contribution in [-0.4, -0.2) is 8.32 Å². The van der Waals surface area contributed by atoms with Crippen molar-refractivity contribution in [2.75, 3.05) is 0 Å². The van der Waals surface area contributed by atoms with Gasteiger partial charge in [-0.2, -0.15) is 0 Å². The van der Waals surface area contributed by atoms with Crippen LogP contribution < -0.4 is 0 Å². The normalized spacial score (nSPS) is 21.9. The van der Waals surface area contributed by atoms with Crippen LogP contribution in [0.2, 0.25) is 13.1 Å². The lowest BCUT2D eigenvalue weighted by atomic mass is 10.1. The maximum Gasteiger partial charge on any atom is 0.220 e. The molecule has 1 unspecified atom stereocenters. The van der Waals surface area contributed by atoms with Crippen molar-refractivity contribution in [2.45, 2.75) is 19.2 Å². The fourth-order valence-corrected chi connectivity index (χ4v) is 4.78. The van der Waals surface area contributed by atoms with Gasteiger partial charge in [0.05, 0.1) is 6.26 Å². The highest BCUT2D eigenvalue weighted by Crippen LogP contribution is 2.40. The first-order chi connectivity index (χ1) is 8.67. The Morgan fingerprint density at radius 2 is 1.78 bits per heavy atom. The van der Waals surface area contributed by atoms with Crippen LogP contribution in [0.25, 0.3) is 5.20 Å². The molecule has 2 nitrogen and oxygen atoms in total. The number of rotatable bonds is 2. The summed E-state index contributed by atoms with van der Waals surface area (Å²) in [5.74, 6) is 0.890. The number of benzene rings is 1. The van der Waals surface area contributed by atoms with E-state index in [0.29, 0.717) is 0 Å². The summed E-state index contributed by atoms with van der Waals surface area (Å²) in [6.07, 6.45) is 3.87. The van der Waals surface area contributed by atoms with Crippen LogP contribution in [0.1, 0.15) is 17.4 Å². The minimum Gasteiger partial charge on any atom is -0.466 e. The molecule has 1 aromatic carbocycles. The van der Waals surface area contributed by atoms with E-state index in [2.05, 4.69) is 43.4 Å². The molecular formula is C15H16O2Si. The third-order valence-electron chi connectivity index (χ3n) is 3.30. The van der Waals surface area contributed by atoms with Gasteiger partial charge in [-0.05, 0) is 42.1 Å². The van der Waals surface area contributed by atoms with Gasteiger partial charge in [-0.15, -0.1) is 0 Å². The molecule has 0 amide bonds. The van der Waals surface area contributed by atoms with Crippen LogP contribution in [0.4, 0.5) is 0 Å². The zero-order valence-electron chi connectivity index (χ0n) is 10.6. The van der Waals surface area contributed by atoms with Gasteiger partial charge < -0.3 is 8.84 Å². The van der Waals surface area contributed by atoms with Crippen molar-refractivity contribution in [1.82, 2.24) is 0 Å². The SMILES string of the molecule is C[Si]1(C)OC(c2ccco2)C=C1c1ccccc1. The highest BCUT2D eigenvalue weighted by Gasteiger charge is 2.38. The summed E-state index contributed by atoms with van der Waals surface area (Å²) < 4.78 is 11.7. The molecular weight excluding hydrogens is 240 g/mol. The minimum absolute atomic E-state index is 0.0307. The lowest BCUT2D eigenvalue weighted by molar-refractivity contribution is 0.229. The van der Waals surface area contributed by atoms with E-state index in [0.717, 1.165) is 5.76 Å².